The summed E-state index contributed by atoms with van der Waals surface area (Å²) in [6, 6.07) is 0. The molecule has 0 spiro atoms. The molecule has 7 heteroatoms. The summed E-state index contributed by atoms with van der Waals surface area (Å²) in [6.07, 6.45) is -0.914. The molecule has 0 aromatic heterocycles. The van der Waals surface area contributed by atoms with Gasteiger partial charge in [-0.2, -0.15) is 0 Å². The van der Waals surface area contributed by atoms with Gasteiger partial charge in [-0.3, -0.25) is 14.4 Å². The average molecular weight is 232 g/mol. The van der Waals surface area contributed by atoms with Gasteiger partial charge in [0.15, 0.2) is 0 Å². The number of esters is 1. The number of carbonyl (C=O) groups is 4. The van der Waals surface area contributed by atoms with Gasteiger partial charge in [-0.15, -0.1) is 0 Å². The Morgan fingerprint density at radius 2 is 1.75 bits per heavy atom. The second-order valence-electron chi connectivity index (χ2n) is 3.08. The first kappa shape index (κ1) is 14.1. The molecule has 0 aliphatic carbocycles. The van der Waals surface area contributed by atoms with Crippen LogP contribution in [-0.2, 0) is 23.9 Å². The second-order valence-corrected chi connectivity index (χ2v) is 3.08. The number of hydrogen-bond donors (Lipinski definition) is 2. The zero-order valence-electron chi connectivity index (χ0n) is 8.63. The maximum absolute atomic E-state index is 10.8. The van der Waals surface area contributed by atoms with Crippen molar-refractivity contribution in [3.05, 3.63) is 0 Å². The maximum atomic E-state index is 10.8. The summed E-state index contributed by atoms with van der Waals surface area (Å²) >= 11 is 0. The number of ether oxygens (including phenoxy) is 1. The van der Waals surface area contributed by atoms with Crippen LogP contribution in [0.1, 0.15) is 19.3 Å². The molecule has 1 unspecified atom stereocenters. The van der Waals surface area contributed by atoms with Gasteiger partial charge >= 0.3 is 17.9 Å². The lowest BCUT2D eigenvalue weighted by atomic mass is 9.97. The molecule has 1 atom stereocenters. The zero-order valence-corrected chi connectivity index (χ0v) is 8.63. The molecular formula is C9H12O7. The van der Waals surface area contributed by atoms with Crippen molar-refractivity contribution in [2.75, 3.05) is 7.11 Å². The monoisotopic (exact) mass is 232 g/mol. The Balaban J connectivity index is 4.29. The third kappa shape index (κ3) is 5.08. The number of aliphatic carboxylic acids is 2. The molecule has 7 nitrogen and oxygen atoms in total. The lowest BCUT2D eigenvalue weighted by Crippen LogP contribution is -2.23. The molecule has 0 radical (unpaired) electrons. The molecule has 90 valence electrons. The maximum Gasteiger partial charge on any atom is 0.372 e. The second kappa shape index (κ2) is 6.54. The smallest absolute Gasteiger partial charge is 0.372 e. The van der Waals surface area contributed by atoms with Crippen LogP contribution in [0.5, 0.6) is 0 Å². The molecule has 0 aromatic carbocycles. The van der Waals surface area contributed by atoms with E-state index in [1.807, 2.05) is 0 Å². The van der Waals surface area contributed by atoms with Gasteiger partial charge < -0.3 is 14.9 Å². The predicted octanol–water partition coefficient (Wildman–Crippen LogP) is -0.316. The molecule has 0 aromatic rings. The van der Waals surface area contributed by atoms with Gasteiger partial charge in [0.1, 0.15) is 0 Å². The summed E-state index contributed by atoms with van der Waals surface area (Å²) in [5.41, 5.74) is 0. The van der Waals surface area contributed by atoms with Gasteiger partial charge in [-0.1, -0.05) is 0 Å². The molecule has 0 bridgehead atoms. The molecule has 0 fully saturated rings. The van der Waals surface area contributed by atoms with E-state index in [1.54, 1.807) is 0 Å². The molecule has 0 saturated heterocycles. The summed E-state index contributed by atoms with van der Waals surface area (Å²) in [7, 11) is 1.15. The van der Waals surface area contributed by atoms with Gasteiger partial charge in [-0.25, -0.2) is 4.79 Å². The van der Waals surface area contributed by atoms with Gasteiger partial charge in [-0.05, 0) is 6.42 Å². The lowest BCUT2D eigenvalue weighted by molar-refractivity contribution is -0.151. The van der Waals surface area contributed by atoms with Crippen molar-refractivity contribution in [3.63, 3.8) is 0 Å². The quantitative estimate of drug-likeness (QED) is 0.456. The fraction of sp³-hybridized carbons (Fsp3) is 0.556. The topological polar surface area (TPSA) is 118 Å². The predicted molar refractivity (Wildman–Crippen MR) is 49.6 cm³/mol. The van der Waals surface area contributed by atoms with Crippen LogP contribution in [0.4, 0.5) is 0 Å². The molecule has 0 saturated carbocycles. The van der Waals surface area contributed by atoms with Crippen LogP contribution >= 0.6 is 0 Å². The van der Waals surface area contributed by atoms with Gasteiger partial charge in [0.25, 0.3) is 0 Å². The summed E-state index contributed by atoms with van der Waals surface area (Å²) in [6.45, 7) is 0. The Labute approximate surface area is 91.0 Å². The van der Waals surface area contributed by atoms with Crippen LogP contribution in [0, 0.1) is 5.92 Å². The third-order valence-electron chi connectivity index (χ3n) is 1.94. The highest BCUT2D eigenvalue weighted by atomic mass is 16.5. The van der Waals surface area contributed by atoms with E-state index in [9.17, 15) is 19.2 Å². The highest BCUT2D eigenvalue weighted by Crippen LogP contribution is 2.13. The minimum atomic E-state index is -1.68. The summed E-state index contributed by atoms with van der Waals surface area (Å²) in [5, 5.41) is 17.0. The Bertz CT molecular complexity index is 307. The van der Waals surface area contributed by atoms with E-state index in [0.717, 1.165) is 7.11 Å². The number of ketones is 1. The first-order valence-corrected chi connectivity index (χ1v) is 4.44. The lowest BCUT2D eigenvalue weighted by Gasteiger charge is -2.08. The van der Waals surface area contributed by atoms with Crippen molar-refractivity contribution in [1.82, 2.24) is 0 Å². The van der Waals surface area contributed by atoms with E-state index in [1.165, 1.54) is 0 Å². The number of carboxylic acid groups (broad SMARTS) is 2. The Hall–Kier alpha value is -1.92. The molecule has 0 aliphatic rings. The van der Waals surface area contributed by atoms with Gasteiger partial charge in [0.05, 0.1) is 13.0 Å². The van der Waals surface area contributed by atoms with Crippen LogP contribution in [0.25, 0.3) is 0 Å². The number of Topliss-reactive ketones (excluding diaryl/α,β-unsaturated/α-hetero) is 1. The summed E-state index contributed by atoms with van der Waals surface area (Å²) in [5.74, 6) is -5.95. The van der Waals surface area contributed by atoms with Crippen LogP contribution in [0.15, 0.2) is 0 Å². The first-order valence-electron chi connectivity index (χ1n) is 4.44. The van der Waals surface area contributed by atoms with Crippen molar-refractivity contribution >= 4 is 23.7 Å². The molecule has 16 heavy (non-hydrogen) atoms. The zero-order chi connectivity index (χ0) is 12.7. The molecule has 0 heterocycles. The number of methoxy groups -OCH3 is 1. The van der Waals surface area contributed by atoms with Crippen LogP contribution in [0.3, 0.4) is 0 Å². The largest absolute Gasteiger partial charge is 0.481 e. The summed E-state index contributed by atoms with van der Waals surface area (Å²) in [4.78, 5) is 42.4. The third-order valence-corrected chi connectivity index (χ3v) is 1.94. The van der Waals surface area contributed by atoms with E-state index in [2.05, 4.69) is 4.74 Å². The number of hydrogen-bond acceptors (Lipinski definition) is 5. The Kier molecular flexibility index (Phi) is 5.76. The van der Waals surface area contributed by atoms with Crippen LogP contribution in [0.2, 0.25) is 0 Å². The standard InChI is InChI=1S/C9H12O7/c1-16-7(11)3-2-5(8(12)13)4-6(10)9(14)15/h5H,2-4H2,1H3,(H,12,13)(H,14,15). The fourth-order valence-corrected chi connectivity index (χ4v) is 1.02. The average Bonchev–Trinajstić information content (AvgIpc) is 2.22. The fourth-order valence-electron chi connectivity index (χ4n) is 1.02. The van der Waals surface area contributed by atoms with Crippen molar-refractivity contribution in [2.45, 2.75) is 19.3 Å². The van der Waals surface area contributed by atoms with Crippen molar-refractivity contribution in [2.24, 2.45) is 5.92 Å². The van der Waals surface area contributed by atoms with Crippen molar-refractivity contribution < 1.29 is 34.1 Å². The normalized spacial score (nSPS) is 11.6. The van der Waals surface area contributed by atoms with E-state index >= 15 is 0 Å². The highest BCUT2D eigenvalue weighted by Gasteiger charge is 2.25. The highest BCUT2D eigenvalue weighted by molar-refractivity contribution is 6.33. The molecular weight excluding hydrogens is 220 g/mol. The molecule has 0 aliphatic heterocycles. The number of carbonyl (C=O) groups excluding carboxylic acids is 2. The van der Waals surface area contributed by atoms with E-state index in [0.29, 0.717) is 0 Å². The number of rotatable bonds is 7. The molecule has 0 amide bonds. The molecule has 0 rings (SSSR count). The van der Waals surface area contributed by atoms with E-state index in [4.69, 9.17) is 10.2 Å². The Morgan fingerprint density at radius 1 is 1.19 bits per heavy atom. The van der Waals surface area contributed by atoms with Crippen molar-refractivity contribution in [3.8, 4) is 0 Å². The minimum Gasteiger partial charge on any atom is -0.481 e. The van der Waals surface area contributed by atoms with Crippen LogP contribution < -0.4 is 0 Å². The van der Waals surface area contributed by atoms with Crippen LogP contribution in [-0.4, -0.2) is 41.0 Å². The van der Waals surface area contributed by atoms with Crippen molar-refractivity contribution in [1.29, 1.82) is 0 Å². The number of carboxylic acids is 2. The SMILES string of the molecule is COC(=O)CCC(CC(=O)C(=O)O)C(=O)O. The minimum absolute atomic E-state index is 0.124. The summed E-state index contributed by atoms with van der Waals surface area (Å²) < 4.78 is 4.30. The first-order chi connectivity index (χ1) is 7.38. The van der Waals surface area contributed by atoms with Gasteiger partial charge in [0.2, 0.25) is 5.78 Å². The molecule has 2 N–H and O–H groups in total. The van der Waals surface area contributed by atoms with E-state index < -0.39 is 36.0 Å². The van der Waals surface area contributed by atoms with Gasteiger partial charge in [0, 0.05) is 12.8 Å². The Morgan fingerprint density at radius 3 is 2.12 bits per heavy atom. The van der Waals surface area contributed by atoms with E-state index in [-0.39, 0.29) is 12.8 Å².